The fourth-order valence-electron chi connectivity index (χ4n) is 1.63. The number of hydrogen-bond acceptors (Lipinski definition) is 3. The first-order valence-electron chi connectivity index (χ1n) is 4.32. The molecule has 0 amide bonds. The first-order valence-corrected chi connectivity index (χ1v) is 4.32. The Labute approximate surface area is 69.8 Å². The quantitative estimate of drug-likeness (QED) is 0.707. The van der Waals surface area contributed by atoms with Crippen molar-refractivity contribution in [2.75, 3.05) is 0 Å². The van der Waals surface area contributed by atoms with Crippen molar-refractivity contribution in [3.05, 3.63) is 10.5 Å². The number of nitrogens with one attached hydrogen (secondary N) is 1. The summed E-state index contributed by atoms with van der Waals surface area (Å²) < 4.78 is 1.46. The summed E-state index contributed by atoms with van der Waals surface area (Å²) in [6, 6.07) is 0.316. The summed E-state index contributed by atoms with van der Waals surface area (Å²) in [7, 11) is 0. The van der Waals surface area contributed by atoms with Gasteiger partial charge in [-0.3, -0.25) is 0 Å². The summed E-state index contributed by atoms with van der Waals surface area (Å²) in [5.74, 6) is 0.651. The summed E-state index contributed by atoms with van der Waals surface area (Å²) in [5, 5.41) is 9.46. The summed E-state index contributed by atoms with van der Waals surface area (Å²) in [4.78, 5) is 11.0. The molecule has 1 aromatic rings. The molecular weight excluding hydrogens is 156 g/mol. The number of rotatable bonds is 3. The van der Waals surface area contributed by atoms with E-state index in [0.717, 1.165) is 6.42 Å². The monoisotopic (exact) mass is 168 g/mol. The lowest BCUT2D eigenvalue weighted by Crippen LogP contribution is -2.17. The van der Waals surface area contributed by atoms with Crippen LogP contribution < -0.4 is 5.69 Å². The molecule has 0 saturated heterocycles. The largest absolute Gasteiger partial charge is 0.361 e. The molecule has 1 heterocycles. The van der Waals surface area contributed by atoms with Crippen LogP contribution in [-0.4, -0.2) is 20.2 Å². The zero-order chi connectivity index (χ0) is 8.55. The Kier molecular flexibility index (Phi) is 1.71. The van der Waals surface area contributed by atoms with E-state index in [1.165, 1.54) is 17.5 Å². The molecule has 2 rings (SSSR count). The summed E-state index contributed by atoms with van der Waals surface area (Å²) in [6.07, 6.45) is 3.44. The fourth-order valence-corrected chi connectivity index (χ4v) is 1.63. The maximum Gasteiger partial charge on any atom is 0.361 e. The normalized spacial score (nSPS) is 27.4. The number of aromatic nitrogens is 4. The lowest BCUT2D eigenvalue weighted by molar-refractivity contribution is 0.533. The number of H-pyrrole nitrogens is 1. The molecule has 0 aromatic carbocycles. The molecule has 0 spiro atoms. The Hall–Kier alpha value is -1.13. The van der Waals surface area contributed by atoms with Gasteiger partial charge < -0.3 is 0 Å². The second kappa shape index (κ2) is 2.73. The van der Waals surface area contributed by atoms with Crippen LogP contribution in [0.2, 0.25) is 0 Å². The Balaban J connectivity index is 2.06. The van der Waals surface area contributed by atoms with Crippen LogP contribution in [0.15, 0.2) is 4.79 Å². The lowest BCUT2D eigenvalue weighted by atomic mass is 10.2. The third-order valence-electron chi connectivity index (χ3n) is 2.35. The minimum atomic E-state index is -0.182. The third-order valence-corrected chi connectivity index (χ3v) is 2.35. The predicted molar refractivity (Wildman–Crippen MR) is 42.7 cm³/mol. The summed E-state index contributed by atoms with van der Waals surface area (Å²) in [6.45, 7) is 2.15. The van der Waals surface area contributed by atoms with Gasteiger partial charge >= 0.3 is 5.69 Å². The van der Waals surface area contributed by atoms with Crippen molar-refractivity contribution in [3.8, 4) is 0 Å². The minimum Gasteiger partial charge on any atom is -0.245 e. The zero-order valence-electron chi connectivity index (χ0n) is 7.03. The van der Waals surface area contributed by atoms with Crippen LogP contribution >= 0.6 is 0 Å². The van der Waals surface area contributed by atoms with Crippen LogP contribution in [0.5, 0.6) is 0 Å². The zero-order valence-corrected chi connectivity index (χ0v) is 7.03. The van der Waals surface area contributed by atoms with Crippen LogP contribution in [0, 0.1) is 5.92 Å². The average Bonchev–Trinajstić information content (AvgIpc) is 2.67. The highest BCUT2D eigenvalue weighted by molar-refractivity contribution is 4.89. The number of nitrogens with zero attached hydrogens (tertiary/aromatic N) is 3. The molecule has 1 aromatic heterocycles. The average molecular weight is 168 g/mol. The van der Waals surface area contributed by atoms with Crippen molar-refractivity contribution in [1.82, 2.24) is 20.2 Å². The highest BCUT2D eigenvalue weighted by Crippen LogP contribution is 2.44. The smallest absolute Gasteiger partial charge is 0.245 e. The number of hydrogen-bond donors (Lipinski definition) is 1. The van der Waals surface area contributed by atoms with E-state index in [9.17, 15) is 4.79 Å². The minimum absolute atomic E-state index is 0.182. The molecule has 1 aliphatic rings. The van der Waals surface area contributed by atoms with E-state index in [2.05, 4.69) is 22.4 Å². The maximum absolute atomic E-state index is 11.0. The van der Waals surface area contributed by atoms with Gasteiger partial charge in [0, 0.05) is 0 Å². The van der Waals surface area contributed by atoms with Crippen molar-refractivity contribution in [1.29, 1.82) is 0 Å². The highest BCUT2D eigenvalue weighted by Gasteiger charge is 2.39. The van der Waals surface area contributed by atoms with Gasteiger partial charge in [0.15, 0.2) is 0 Å². The van der Waals surface area contributed by atoms with E-state index in [1.807, 2.05) is 0 Å². The van der Waals surface area contributed by atoms with Gasteiger partial charge in [-0.1, -0.05) is 13.3 Å². The van der Waals surface area contributed by atoms with Gasteiger partial charge in [-0.05, 0) is 29.2 Å². The van der Waals surface area contributed by atoms with Gasteiger partial charge in [-0.2, -0.15) is 4.68 Å². The Bertz CT molecular complexity index is 315. The second-order valence-electron chi connectivity index (χ2n) is 3.30. The SMILES string of the molecule is CCCC1CC1n1nn[nH]c1=O. The second-order valence-corrected chi connectivity index (χ2v) is 3.30. The summed E-state index contributed by atoms with van der Waals surface area (Å²) in [5.41, 5.74) is -0.182. The molecule has 5 nitrogen and oxygen atoms in total. The van der Waals surface area contributed by atoms with Crippen molar-refractivity contribution in [2.45, 2.75) is 32.2 Å². The van der Waals surface area contributed by atoms with Gasteiger partial charge in [0.1, 0.15) is 0 Å². The fraction of sp³-hybridized carbons (Fsp3) is 0.857. The van der Waals surface area contributed by atoms with Crippen LogP contribution in [0.1, 0.15) is 32.2 Å². The maximum atomic E-state index is 11.0. The van der Waals surface area contributed by atoms with Crippen molar-refractivity contribution in [2.24, 2.45) is 5.92 Å². The summed E-state index contributed by atoms with van der Waals surface area (Å²) >= 11 is 0. The molecule has 66 valence electrons. The molecular formula is C7H12N4O. The number of tetrazole rings is 1. The van der Waals surface area contributed by atoms with E-state index in [4.69, 9.17) is 0 Å². The van der Waals surface area contributed by atoms with E-state index >= 15 is 0 Å². The first kappa shape index (κ1) is 7.52. The van der Waals surface area contributed by atoms with Crippen molar-refractivity contribution < 1.29 is 0 Å². The van der Waals surface area contributed by atoms with E-state index in [1.54, 1.807) is 0 Å². The van der Waals surface area contributed by atoms with E-state index < -0.39 is 0 Å². The van der Waals surface area contributed by atoms with Gasteiger partial charge in [-0.15, -0.1) is 0 Å². The van der Waals surface area contributed by atoms with E-state index in [-0.39, 0.29) is 5.69 Å². The van der Waals surface area contributed by atoms with Crippen LogP contribution in [-0.2, 0) is 0 Å². The molecule has 1 aliphatic carbocycles. The van der Waals surface area contributed by atoms with Gasteiger partial charge in [-0.25, -0.2) is 9.89 Å². The molecule has 1 fully saturated rings. The molecule has 0 aliphatic heterocycles. The molecule has 2 atom stereocenters. The van der Waals surface area contributed by atoms with Crippen molar-refractivity contribution >= 4 is 0 Å². The molecule has 5 heteroatoms. The molecule has 12 heavy (non-hydrogen) atoms. The van der Waals surface area contributed by atoms with Crippen LogP contribution in [0.4, 0.5) is 0 Å². The highest BCUT2D eigenvalue weighted by atomic mass is 16.2. The van der Waals surface area contributed by atoms with E-state index in [0.29, 0.717) is 12.0 Å². The molecule has 0 bridgehead atoms. The molecule has 1 N–H and O–H groups in total. The number of aromatic amines is 1. The Morgan fingerprint density at radius 1 is 1.75 bits per heavy atom. The van der Waals surface area contributed by atoms with Gasteiger partial charge in [0.25, 0.3) is 0 Å². The van der Waals surface area contributed by atoms with Crippen molar-refractivity contribution in [3.63, 3.8) is 0 Å². The molecule has 0 radical (unpaired) electrons. The third kappa shape index (κ3) is 1.15. The van der Waals surface area contributed by atoms with Gasteiger partial charge in [0.2, 0.25) is 0 Å². The Morgan fingerprint density at radius 3 is 3.17 bits per heavy atom. The van der Waals surface area contributed by atoms with Crippen LogP contribution in [0.3, 0.4) is 0 Å². The predicted octanol–water partition coefficient (Wildman–Crippen LogP) is 0.327. The van der Waals surface area contributed by atoms with Gasteiger partial charge in [0.05, 0.1) is 6.04 Å². The van der Waals surface area contributed by atoms with Crippen LogP contribution in [0.25, 0.3) is 0 Å². The standard InChI is InChI=1S/C7H12N4O/c1-2-3-5-4-6(5)11-7(12)8-9-10-11/h5-6H,2-4H2,1H3,(H,8,10,12). The molecule has 1 saturated carbocycles. The lowest BCUT2D eigenvalue weighted by Gasteiger charge is -1.94. The molecule has 2 unspecified atom stereocenters. The topological polar surface area (TPSA) is 63.6 Å². The Morgan fingerprint density at radius 2 is 2.58 bits per heavy atom. The first-order chi connectivity index (χ1) is 5.83.